The zero-order valence-corrected chi connectivity index (χ0v) is 31.2. The summed E-state index contributed by atoms with van der Waals surface area (Å²) in [5, 5.41) is 7.94. The van der Waals surface area contributed by atoms with Crippen molar-refractivity contribution in [3.05, 3.63) is 53.3 Å². The Morgan fingerprint density at radius 2 is 1.94 bits per heavy atom. The third-order valence-electron chi connectivity index (χ3n) is 10.8. The highest BCUT2D eigenvalue weighted by atomic mass is 35.5. The Hall–Kier alpha value is -4.21. The molecule has 2 aromatic heterocycles. The maximum absolute atomic E-state index is 14.3. The van der Waals surface area contributed by atoms with Crippen LogP contribution in [0.5, 0.6) is 11.5 Å². The highest BCUT2D eigenvalue weighted by molar-refractivity contribution is 7.91. The van der Waals surface area contributed by atoms with Gasteiger partial charge in [-0.15, -0.1) is 0 Å². The first-order chi connectivity index (χ1) is 25.5. The Kier molecular flexibility index (Phi) is 9.38. The predicted molar refractivity (Wildman–Crippen MR) is 194 cm³/mol. The van der Waals surface area contributed by atoms with Crippen molar-refractivity contribution in [3.63, 3.8) is 0 Å². The van der Waals surface area contributed by atoms with Crippen molar-refractivity contribution in [3.8, 4) is 17.3 Å². The van der Waals surface area contributed by atoms with Crippen LogP contribution in [-0.4, -0.2) is 95.1 Å². The lowest BCUT2D eigenvalue weighted by Crippen LogP contribution is -2.57. The third kappa shape index (κ3) is 7.10. The molecular weight excluding hydrogens is 724 g/mol. The van der Waals surface area contributed by atoms with Crippen molar-refractivity contribution >= 4 is 50.2 Å². The van der Waals surface area contributed by atoms with E-state index in [1.165, 1.54) is 12.0 Å². The van der Waals surface area contributed by atoms with Crippen LogP contribution in [0, 0.1) is 5.92 Å². The minimum atomic E-state index is -3.86. The number of rotatable bonds is 8. The summed E-state index contributed by atoms with van der Waals surface area (Å²) in [6.45, 7) is 2.09. The minimum absolute atomic E-state index is 0.0554. The third-order valence-corrected chi connectivity index (χ3v) is 13.0. The number of pyridine rings is 1. The number of nitrogens with one attached hydrogen (secondary N) is 2. The van der Waals surface area contributed by atoms with Crippen LogP contribution in [-0.2, 0) is 29.1 Å². The van der Waals surface area contributed by atoms with E-state index in [4.69, 9.17) is 35.9 Å². The van der Waals surface area contributed by atoms with Crippen molar-refractivity contribution < 1.29 is 37.0 Å². The number of carbonyl (C=O) groups is 3. The van der Waals surface area contributed by atoms with E-state index < -0.39 is 56.8 Å². The summed E-state index contributed by atoms with van der Waals surface area (Å²) in [5.74, 6) is -0.342. The first kappa shape index (κ1) is 35.8. The van der Waals surface area contributed by atoms with Gasteiger partial charge in [-0.2, -0.15) is 5.10 Å². The van der Waals surface area contributed by atoms with Gasteiger partial charge in [-0.3, -0.25) is 19.1 Å². The second-order valence-corrected chi connectivity index (χ2v) is 17.1. The van der Waals surface area contributed by atoms with Gasteiger partial charge in [0.1, 0.15) is 40.3 Å². The zero-order chi connectivity index (χ0) is 37.1. The monoisotopic (exact) mass is 766 g/mol. The van der Waals surface area contributed by atoms with Crippen LogP contribution < -0.4 is 19.5 Å². The van der Waals surface area contributed by atoms with Gasteiger partial charge < -0.3 is 24.4 Å². The van der Waals surface area contributed by atoms with Gasteiger partial charge in [-0.05, 0) is 76.5 Å². The van der Waals surface area contributed by atoms with E-state index in [2.05, 4.69) is 10.0 Å². The van der Waals surface area contributed by atoms with E-state index in [9.17, 15) is 22.8 Å². The Morgan fingerprint density at radius 1 is 1.13 bits per heavy atom. The Morgan fingerprint density at radius 3 is 2.70 bits per heavy atom. The number of sulfonamides is 1. The summed E-state index contributed by atoms with van der Waals surface area (Å²) in [5.41, 5.74) is -0.0366. The summed E-state index contributed by atoms with van der Waals surface area (Å²) in [7, 11) is -2.34. The zero-order valence-electron chi connectivity index (χ0n) is 29.6. The van der Waals surface area contributed by atoms with Crippen LogP contribution in [0.1, 0.15) is 76.3 Å². The molecule has 0 radical (unpaired) electrons. The van der Waals surface area contributed by atoms with Crippen LogP contribution in [0.3, 0.4) is 0 Å². The second-order valence-electron chi connectivity index (χ2n) is 14.8. The number of amides is 3. The molecule has 16 heteroatoms. The Labute approximate surface area is 312 Å². The number of hydrogen-bond donors (Lipinski definition) is 2. The molecule has 1 aromatic carbocycles. The van der Waals surface area contributed by atoms with Gasteiger partial charge in [0.2, 0.25) is 15.9 Å². The number of allylic oxidation sites excluding steroid dienone is 1. The second kappa shape index (κ2) is 13.9. The predicted octanol–water partition coefficient (Wildman–Crippen LogP) is 3.94. The SMILES string of the molecule is COc1ccc2c(O[C@@H]3C[C@H]4C(=O)N[C@]5(C(=O)NS(=O)(=O)C6CC6)C[C@H]5/C=C\CCCCO[C@H](C)C(=O)N4C3)cc(-n3ccc(C4CC4)n3)nc2c1Cl. The number of benzene rings is 1. The molecule has 2 aliphatic heterocycles. The largest absolute Gasteiger partial charge is 0.495 e. The molecule has 0 spiro atoms. The Bertz CT molecular complexity index is 2100. The topological polar surface area (TPSA) is 171 Å². The number of hydrogen-bond acceptors (Lipinski definition) is 10. The molecule has 2 N–H and O–H groups in total. The van der Waals surface area contributed by atoms with Crippen LogP contribution >= 0.6 is 11.6 Å². The van der Waals surface area contributed by atoms with E-state index in [-0.39, 0.29) is 25.3 Å². The number of halogens is 1. The molecule has 3 saturated carbocycles. The quantitative estimate of drug-likeness (QED) is 0.320. The fraction of sp³-hybridized carbons (Fsp3) is 0.541. The van der Waals surface area contributed by atoms with Gasteiger partial charge in [0.15, 0.2) is 5.82 Å². The lowest BCUT2D eigenvalue weighted by atomic mass is 10.1. The smallest absolute Gasteiger partial charge is 0.259 e. The van der Waals surface area contributed by atoms with Crippen LogP contribution in [0.4, 0.5) is 0 Å². The van der Waals surface area contributed by atoms with Crippen molar-refractivity contribution in [2.45, 2.75) is 99.7 Å². The number of fused-ring (bicyclic) bond motifs is 3. The molecule has 14 nitrogen and oxygen atoms in total. The summed E-state index contributed by atoms with van der Waals surface area (Å²) in [4.78, 5) is 48.1. The summed E-state index contributed by atoms with van der Waals surface area (Å²) >= 11 is 6.79. The number of ether oxygens (including phenoxy) is 3. The van der Waals surface area contributed by atoms with Crippen LogP contribution in [0.25, 0.3) is 16.7 Å². The van der Waals surface area contributed by atoms with Gasteiger partial charge in [-0.25, -0.2) is 18.1 Å². The highest BCUT2D eigenvalue weighted by Gasteiger charge is 2.62. The molecule has 3 amide bonds. The minimum Gasteiger partial charge on any atom is -0.495 e. The van der Waals surface area contributed by atoms with Gasteiger partial charge >= 0.3 is 0 Å². The Balaban J connectivity index is 1.11. The number of aromatic nitrogens is 3. The van der Waals surface area contributed by atoms with Crippen LogP contribution in [0.15, 0.2) is 42.6 Å². The molecule has 53 heavy (non-hydrogen) atoms. The standard InChI is InChI=1S/C37H43ClN6O8S/c1-21-35(46)43-20-24(52-30-18-31(44-15-14-27(41-44)22-8-9-22)39-33-26(30)12-13-29(50-2)32(33)38)17-28(43)34(45)40-37(36(47)42-53(48,49)25-10-11-25)19-23(37)7-5-3-4-6-16-51-21/h5,7,12-15,18,21-25,28H,3-4,6,8-11,16-17,19-20H2,1-2H3,(H,40,45)(H,42,47)/b7-5-/t21-,23-,24-,28+,37-/m1/s1. The molecule has 1 saturated heterocycles. The van der Waals surface area contributed by atoms with Crippen molar-refractivity contribution in [2.24, 2.45) is 5.92 Å². The van der Waals surface area contributed by atoms with Gasteiger partial charge in [0.05, 0.1) is 30.1 Å². The van der Waals surface area contributed by atoms with Crippen molar-refractivity contribution in [1.29, 1.82) is 0 Å². The fourth-order valence-electron chi connectivity index (χ4n) is 7.34. The van der Waals surface area contributed by atoms with Gasteiger partial charge in [0.25, 0.3) is 11.8 Å². The molecule has 5 atom stereocenters. The number of carbonyl (C=O) groups excluding carboxylic acids is 3. The van der Waals surface area contributed by atoms with E-state index >= 15 is 0 Å². The van der Waals surface area contributed by atoms with E-state index in [0.717, 1.165) is 25.0 Å². The van der Waals surface area contributed by atoms with E-state index in [1.807, 2.05) is 24.4 Å². The normalized spacial score (nSPS) is 28.6. The molecule has 0 unspecified atom stereocenters. The molecule has 8 rings (SSSR count). The van der Waals surface area contributed by atoms with Gasteiger partial charge in [-0.1, -0.05) is 23.8 Å². The van der Waals surface area contributed by atoms with E-state index in [0.29, 0.717) is 71.5 Å². The lowest BCUT2D eigenvalue weighted by molar-refractivity contribution is -0.147. The molecular formula is C37H43ClN6O8S. The molecule has 3 aromatic rings. The van der Waals surface area contributed by atoms with Gasteiger partial charge in [0, 0.05) is 42.5 Å². The molecule has 0 bridgehead atoms. The van der Waals surface area contributed by atoms with Crippen LogP contribution in [0.2, 0.25) is 5.02 Å². The number of nitrogens with zero attached hydrogens (tertiary/aromatic N) is 4. The molecule has 4 heterocycles. The summed E-state index contributed by atoms with van der Waals surface area (Å²) in [6.07, 6.45) is 9.91. The fourth-order valence-corrected chi connectivity index (χ4v) is 8.99. The van der Waals surface area contributed by atoms with Crippen molar-refractivity contribution in [2.75, 3.05) is 20.3 Å². The first-order valence-electron chi connectivity index (χ1n) is 18.3. The average Bonchev–Trinajstić information content (AvgIpc) is 4.09. The molecule has 4 fully saturated rings. The highest BCUT2D eigenvalue weighted by Crippen LogP contribution is 2.46. The molecule has 282 valence electrons. The molecule has 3 aliphatic carbocycles. The lowest BCUT2D eigenvalue weighted by Gasteiger charge is -2.28. The number of methoxy groups -OCH3 is 1. The maximum atomic E-state index is 14.3. The van der Waals surface area contributed by atoms with Crippen molar-refractivity contribution in [1.82, 2.24) is 29.7 Å². The first-order valence-corrected chi connectivity index (χ1v) is 20.3. The molecule has 5 aliphatic rings. The average molecular weight is 767 g/mol. The maximum Gasteiger partial charge on any atom is 0.259 e. The van der Waals surface area contributed by atoms with E-state index in [1.54, 1.807) is 29.8 Å². The summed E-state index contributed by atoms with van der Waals surface area (Å²) < 4.78 is 47.6. The summed E-state index contributed by atoms with van der Waals surface area (Å²) in [6, 6.07) is 6.23.